The van der Waals surface area contributed by atoms with Crippen LogP contribution in [0.2, 0.25) is 0 Å². The zero-order valence-corrected chi connectivity index (χ0v) is 15.1. The molecule has 0 spiro atoms. The van der Waals surface area contributed by atoms with E-state index in [-0.39, 0.29) is 5.57 Å². The molecule has 0 aliphatic carbocycles. The molecule has 0 bridgehead atoms. The number of primary amides is 1. The van der Waals surface area contributed by atoms with E-state index in [2.05, 4.69) is 22.6 Å². The second kappa shape index (κ2) is 8.36. The number of amides is 1. The van der Waals surface area contributed by atoms with E-state index in [1.165, 1.54) is 13.2 Å². The van der Waals surface area contributed by atoms with E-state index >= 15 is 0 Å². The highest BCUT2D eigenvalue weighted by Crippen LogP contribution is 2.35. The van der Waals surface area contributed by atoms with E-state index in [9.17, 15) is 4.79 Å². The molecule has 0 saturated carbocycles. The molecule has 0 atom stereocenters. The molecule has 5 nitrogen and oxygen atoms in total. The highest BCUT2D eigenvalue weighted by Gasteiger charge is 2.12. The van der Waals surface area contributed by atoms with E-state index in [1.807, 2.05) is 30.3 Å². The van der Waals surface area contributed by atoms with Crippen molar-refractivity contribution in [2.24, 2.45) is 5.73 Å². The first-order chi connectivity index (χ1) is 11.5. The zero-order chi connectivity index (χ0) is 17.5. The lowest BCUT2D eigenvalue weighted by molar-refractivity contribution is -0.114. The fourth-order valence-corrected chi connectivity index (χ4v) is 2.80. The minimum absolute atomic E-state index is 0.120. The summed E-state index contributed by atoms with van der Waals surface area (Å²) < 4.78 is 12.0. The molecule has 2 aromatic rings. The lowest BCUT2D eigenvalue weighted by Crippen LogP contribution is -2.12. The van der Waals surface area contributed by atoms with Gasteiger partial charge in [0, 0.05) is 0 Å². The van der Waals surface area contributed by atoms with Crippen LogP contribution in [-0.4, -0.2) is 13.0 Å². The highest BCUT2D eigenvalue weighted by atomic mass is 127. The molecule has 2 aromatic carbocycles. The number of ether oxygens (including phenoxy) is 2. The van der Waals surface area contributed by atoms with Crippen LogP contribution in [0.4, 0.5) is 0 Å². The fraction of sp³-hybridized carbons (Fsp3) is 0.111. The Labute approximate surface area is 153 Å². The van der Waals surface area contributed by atoms with E-state index in [1.54, 1.807) is 18.2 Å². The highest BCUT2D eigenvalue weighted by molar-refractivity contribution is 14.1. The van der Waals surface area contributed by atoms with Crippen LogP contribution < -0.4 is 15.2 Å². The second-order valence-corrected chi connectivity index (χ2v) is 6.00. The van der Waals surface area contributed by atoms with Crippen LogP contribution in [0, 0.1) is 14.9 Å². The Morgan fingerprint density at radius 3 is 2.62 bits per heavy atom. The van der Waals surface area contributed by atoms with E-state index in [0.29, 0.717) is 23.7 Å². The van der Waals surface area contributed by atoms with Gasteiger partial charge in [0.2, 0.25) is 0 Å². The molecule has 1 amide bonds. The number of carbonyl (C=O) groups excluding carboxylic acids is 1. The normalized spacial score (nSPS) is 10.8. The number of halogens is 1. The maximum Gasteiger partial charge on any atom is 0.259 e. The number of carbonyl (C=O) groups is 1. The van der Waals surface area contributed by atoms with Crippen LogP contribution in [0.1, 0.15) is 11.1 Å². The Morgan fingerprint density at radius 2 is 2.04 bits per heavy atom. The SMILES string of the molecule is COc1cc(/C=C(\C#N)C(N)=O)cc(I)c1OCc1ccccc1. The molecule has 2 N–H and O–H groups in total. The molecule has 0 radical (unpaired) electrons. The number of rotatable bonds is 6. The summed E-state index contributed by atoms with van der Waals surface area (Å²) in [6, 6.07) is 15.1. The van der Waals surface area contributed by atoms with Gasteiger partial charge in [-0.15, -0.1) is 0 Å². The molecular weight excluding hydrogens is 419 g/mol. The molecule has 0 fully saturated rings. The number of hydrogen-bond donors (Lipinski definition) is 1. The topological polar surface area (TPSA) is 85.3 Å². The van der Waals surface area contributed by atoms with Crippen LogP contribution in [-0.2, 0) is 11.4 Å². The third-order valence-electron chi connectivity index (χ3n) is 3.17. The smallest absolute Gasteiger partial charge is 0.259 e. The van der Waals surface area contributed by atoms with Gasteiger partial charge in [0.25, 0.3) is 5.91 Å². The van der Waals surface area contributed by atoms with Gasteiger partial charge in [-0.1, -0.05) is 30.3 Å². The van der Waals surface area contributed by atoms with E-state index < -0.39 is 5.91 Å². The number of hydrogen-bond acceptors (Lipinski definition) is 4. The summed E-state index contributed by atoms with van der Waals surface area (Å²) in [5.41, 5.74) is 6.72. The van der Waals surface area contributed by atoms with Gasteiger partial charge < -0.3 is 15.2 Å². The molecule has 122 valence electrons. The third-order valence-corrected chi connectivity index (χ3v) is 3.98. The fourth-order valence-electron chi connectivity index (χ4n) is 2.02. The quantitative estimate of drug-likeness (QED) is 0.430. The van der Waals surface area contributed by atoms with Gasteiger partial charge in [-0.2, -0.15) is 5.26 Å². The Morgan fingerprint density at radius 1 is 1.33 bits per heavy atom. The molecule has 0 heterocycles. The molecule has 6 heteroatoms. The molecule has 0 unspecified atom stereocenters. The Bertz CT molecular complexity index is 811. The summed E-state index contributed by atoms with van der Waals surface area (Å²) in [7, 11) is 1.54. The maximum absolute atomic E-state index is 11.2. The van der Waals surface area contributed by atoms with Crippen molar-refractivity contribution < 1.29 is 14.3 Å². The summed E-state index contributed by atoms with van der Waals surface area (Å²) in [4.78, 5) is 11.2. The van der Waals surface area contributed by atoms with Crippen LogP contribution >= 0.6 is 22.6 Å². The van der Waals surface area contributed by atoms with Gasteiger partial charge in [-0.3, -0.25) is 4.79 Å². The van der Waals surface area contributed by atoms with Crippen molar-refractivity contribution in [2.45, 2.75) is 6.61 Å². The molecule has 2 rings (SSSR count). The second-order valence-electron chi connectivity index (χ2n) is 4.84. The Hall–Kier alpha value is -2.53. The summed E-state index contributed by atoms with van der Waals surface area (Å²) in [6.45, 7) is 0.410. The van der Waals surface area contributed by atoms with Crippen molar-refractivity contribution in [2.75, 3.05) is 7.11 Å². The van der Waals surface area contributed by atoms with E-state index in [0.717, 1.165) is 9.13 Å². The minimum atomic E-state index is -0.768. The van der Waals surface area contributed by atoms with Gasteiger partial charge >= 0.3 is 0 Å². The van der Waals surface area contributed by atoms with Gasteiger partial charge in [0.1, 0.15) is 18.2 Å². The zero-order valence-electron chi connectivity index (χ0n) is 13.0. The molecular formula is C18H15IN2O3. The third kappa shape index (κ3) is 4.49. The maximum atomic E-state index is 11.2. The molecule has 0 saturated heterocycles. The van der Waals surface area contributed by atoms with Crippen molar-refractivity contribution in [1.29, 1.82) is 5.26 Å². The van der Waals surface area contributed by atoms with Crippen LogP contribution in [0.25, 0.3) is 6.08 Å². The first kappa shape index (κ1) is 17.8. The van der Waals surface area contributed by atoms with Crippen LogP contribution in [0.15, 0.2) is 48.0 Å². The molecule has 0 aliphatic heterocycles. The lowest BCUT2D eigenvalue weighted by Gasteiger charge is -2.13. The van der Waals surface area contributed by atoms with Crippen LogP contribution in [0.5, 0.6) is 11.5 Å². The van der Waals surface area contributed by atoms with Crippen molar-refractivity contribution in [1.82, 2.24) is 0 Å². The average Bonchev–Trinajstić information content (AvgIpc) is 2.58. The Kier molecular flexibility index (Phi) is 6.21. The van der Waals surface area contributed by atoms with Gasteiger partial charge in [-0.25, -0.2) is 0 Å². The lowest BCUT2D eigenvalue weighted by atomic mass is 10.1. The standard InChI is InChI=1S/C18H15IN2O3/c1-23-16-9-13(7-14(10-20)18(21)22)8-15(19)17(16)24-11-12-5-3-2-4-6-12/h2-9H,11H2,1H3,(H2,21,22)/b14-7+. The summed E-state index contributed by atoms with van der Waals surface area (Å²) in [5, 5.41) is 8.94. The van der Waals surface area contributed by atoms with Crippen molar-refractivity contribution in [3.05, 3.63) is 62.7 Å². The summed E-state index contributed by atoms with van der Waals surface area (Å²) in [6.07, 6.45) is 1.42. The predicted molar refractivity (Wildman–Crippen MR) is 99.3 cm³/mol. The molecule has 0 aliphatic rings. The van der Waals surface area contributed by atoms with Crippen molar-refractivity contribution in [3.63, 3.8) is 0 Å². The van der Waals surface area contributed by atoms with Gasteiger partial charge in [0.05, 0.1) is 10.7 Å². The van der Waals surface area contributed by atoms with Crippen molar-refractivity contribution in [3.8, 4) is 17.6 Å². The average molecular weight is 434 g/mol. The predicted octanol–water partition coefficient (Wildman–Crippen LogP) is 3.27. The number of nitrogens with two attached hydrogens (primary N) is 1. The molecule has 0 aromatic heterocycles. The van der Waals surface area contributed by atoms with Gasteiger partial charge in [-0.05, 0) is 51.9 Å². The summed E-state index contributed by atoms with van der Waals surface area (Å²) >= 11 is 2.12. The molecule has 24 heavy (non-hydrogen) atoms. The summed E-state index contributed by atoms with van der Waals surface area (Å²) in [5.74, 6) is 0.360. The van der Waals surface area contributed by atoms with Crippen molar-refractivity contribution >= 4 is 34.6 Å². The van der Waals surface area contributed by atoms with E-state index in [4.69, 9.17) is 20.5 Å². The first-order valence-corrected chi connectivity index (χ1v) is 8.09. The number of nitriles is 1. The largest absolute Gasteiger partial charge is 0.493 e. The minimum Gasteiger partial charge on any atom is -0.493 e. The number of methoxy groups -OCH3 is 1. The Balaban J connectivity index is 2.31. The number of benzene rings is 2. The number of nitrogens with zero attached hydrogens (tertiary/aromatic N) is 1. The first-order valence-electron chi connectivity index (χ1n) is 7.01. The van der Waals surface area contributed by atoms with Gasteiger partial charge in [0.15, 0.2) is 11.5 Å². The monoisotopic (exact) mass is 434 g/mol. The van der Waals surface area contributed by atoms with Crippen LogP contribution in [0.3, 0.4) is 0 Å².